The zero-order valence-electron chi connectivity index (χ0n) is 8.70. The fourth-order valence-electron chi connectivity index (χ4n) is 1.40. The lowest BCUT2D eigenvalue weighted by molar-refractivity contribution is -0.117. The Labute approximate surface area is 107 Å². The van der Waals surface area contributed by atoms with E-state index >= 15 is 0 Å². The number of carbonyl (C=O) groups excluding carboxylic acids is 1. The molecule has 2 nitrogen and oxygen atoms in total. The largest absolute Gasteiger partial charge is 0.299 e. The average Bonchev–Trinajstić information content (AvgIpc) is 2.76. The number of aryl methyl sites for hydroxylation is 1. The number of carbonyl (C=O) groups is 1. The molecule has 0 aliphatic carbocycles. The van der Waals surface area contributed by atoms with E-state index in [0.29, 0.717) is 12.8 Å². The van der Waals surface area contributed by atoms with Gasteiger partial charge in [-0.15, -0.1) is 22.7 Å². The molecule has 0 N–H and O–H groups in total. The van der Waals surface area contributed by atoms with Crippen LogP contribution in [-0.2, 0) is 17.6 Å². The second-order valence-corrected chi connectivity index (χ2v) is 6.32. The SMILES string of the molecule is Cc1nc(CC(=O)Cc2ccc(Cl)s2)cs1. The summed E-state index contributed by atoms with van der Waals surface area (Å²) in [6.45, 7) is 1.94. The van der Waals surface area contributed by atoms with Gasteiger partial charge < -0.3 is 0 Å². The molecule has 2 heterocycles. The number of nitrogens with zero attached hydrogens (tertiary/aromatic N) is 1. The first-order valence-electron chi connectivity index (χ1n) is 4.80. The number of aromatic nitrogens is 1. The van der Waals surface area contributed by atoms with Crippen LogP contribution in [0.15, 0.2) is 17.5 Å². The zero-order valence-corrected chi connectivity index (χ0v) is 11.1. The van der Waals surface area contributed by atoms with Gasteiger partial charge in [0, 0.05) is 23.1 Å². The van der Waals surface area contributed by atoms with Gasteiger partial charge in [0.1, 0.15) is 5.78 Å². The molecule has 0 aliphatic heterocycles. The van der Waals surface area contributed by atoms with E-state index in [2.05, 4.69) is 4.98 Å². The van der Waals surface area contributed by atoms with Gasteiger partial charge in [0.25, 0.3) is 0 Å². The Morgan fingerprint density at radius 3 is 2.81 bits per heavy atom. The first kappa shape index (κ1) is 11.8. The molecule has 2 aromatic rings. The number of rotatable bonds is 4. The van der Waals surface area contributed by atoms with Crippen molar-refractivity contribution >= 4 is 40.1 Å². The number of thiophene rings is 1. The first-order valence-corrected chi connectivity index (χ1v) is 6.88. The summed E-state index contributed by atoms with van der Waals surface area (Å²) < 4.78 is 0.729. The highest BCUT2D eigenvalue weighted by atomic mass is 35.5. The maximum atomic E-state index is 11.7. The number of thiazole rings is 1. The Bertz CT molecular complexity index is 459. The summed E-state index contributed by atoms with van der Waals surface area (Å²) in [5, 5.41) is 2.94. The highest BCUT2D eigenvalue weighted by Crippen LogP contribution is 2.22. The highest BCUT2D eigenvalue weighted by Gasteiger charge is 2.09. The van der Waals surface area contributed by atoms with Crippen molar-refractivity contribution in [2.45, 2.75) is 19.8 Å². The lowest BCUT2D eigenvalue weighted by atomic mass is 10.1. The summed E-state index contributed by atoms with van der Waals surface area (Å²) >= 11 is 8.84. The van der Waals surface area contributed by atoms with Crippen molar-refractivity contribution in [2.75, 3.05) is 0 Å². The van der Waals surface area contributed by atoms with E-state index in [1.54, 1.807) is 11.3 Å². The van der Waals surface area contributed by atoms with Gasteiger partial charge in [-0.1, -0.05) is 11.6 Å². The molecule has 0 amide bonds. The minimum atomic E-state index is 0.184. The van der Waals surface area contributed by atoms with Crippen LogP contribution in [0.4, 0.5) is 0 Å². The zero-order chi connectivity index (χ0) is 11.5. The van der Waals surface area contributed by atoms with E-state index in [4.69, 9.17) is 11.6 Å². The van der Waals surface area contributed by atoms with Gasteiger partial charge in [-0.3, -0.25) is 4.79 Å². The molecule has 0 saturated carbocycles. The van der Waals surface area contributed by atoms with Gasteiger partial charge in [0.2, 0.25) is 0 Å². The van der Waals surface area contributed by atoms with Crippen molar-refractivity contribution in [2.24, 2.45) is 0 Å². The Balaban J connectivity index is 1.94. The van der Waals surface area contributed by atoms with E-state index in [1.807, 2.05) is 24.4 Å². The van der Waals surface area contributed by atoms with Gasteiger partial charge in [0.15, 0.2) is 0 Å². The Morgan fingerprint density at radius 2 is 2.25 bits per heavy atom. The predicted octanol–water partition coefficient (Wildman–Crippen LogP) is 3.52. The van der Waals surface area contributed by atoms with Crippen molar-refractivity contribution in [1.29, 1.82) is 0 Å². The molecule has 84 valence electrons. The van der Waals surface area contributed by atoms with Gasteiger partial charge in [-0.2, -0.15) is 0 Å². The van der Waals surface area contributed by atoms with Crippen LogP contribution < -0.4 is 0 Å². The monoisotopic (exact) mass is 271 g/mol. The summed E-state index contributed by atoms with van der Waals surface area (Å²) in [5.41, 5.74) is 0.871. The Morgan fingerprint density at radius 1 is 1.44 bits per heavy atom. The Hall–Kier alpha value is -0.710. The molecule has 16 heavy (non-hydrogen) atoms. The third-order valence-corrected chi connectivity index (χ3v) is 4.10. The fraction of sp³-hybridized carbons (Fsp3) is 0.273. The number of hydrogen-bond donors (Lipinski definition) is 0. The molecule has 0 aromatic carbocycles. The second kappa shape index (κ2) is 5.08. The van der Waals surface area contributed by atoms with Crippen molar-refractivity contribution < 1.29 is 4.79 Å². The van der Waals surface area contributed by atoms with Crippen LogP contribution in [0.1, 0.15) is 15.6 Å². The van der Waals surface area contributed by atoms with E-state index in [9.17, 15) is 4.79 Å². The van der Waals surface area contributed by atoms with E-state index < -0.39 is 0 Å². The van der Waals surface area contributed by atoms with Crippen LogP contribution >= 0.6 is 34.3 Å². The molecule has 0 aliphatic rings. The van der Waals surface area contributed by atoms with Crippen molar-refractivity contribution in [3.05, 3.63) is 37.4 Å². The second-order valence-electron chi connectivity index (χ2n) is 3.46. The summed E-state index contributed by atoms with van der Waals surface area (Å²) in [4.78, 5) is 17.0. The first-order chi connectivity index (χ1) is 7.63. The number of Topliss-reactive ketones (excluding diaryl/α,β-unsaturated/α-hetero) is 1. The molecular weight excluding hydrogens is 262 g/mol. The number of hydrogen-bond acceptors (Lipinski definition) is 4. The van der Waals surface area contributed by atoms with Crippen LogP contribution in [0, 0.1) is 6.92 Å². The fourth-order valence-corrected chi connectivity index (χ4v) is 3.12. The van der Waals surface area contributed by atoms with Gasteiger partial charge in [-0.05, 0) is 19.1 Å². The average molecular weight is 272 g/mol. The third kappa shape index (κ3) is 3.14. The van der Waals surface area contributed by atoms with Crippen LogP contribution in [-0.4, -0.2) is 10.8 Å². The van der Waals surface area contributed by atoms with Crippen LogP contribution in [0.3, 0.4) is 0 Å². The van der Waals surface area contributed by atoms with Crippen molar-refractivity contribution in [1.82, 2.24) is 4.98 Å². The molecule has 0 unspecified atom stereocenters. The standard InChI is InChI=1S/C11H10ClNOS2/c1-7-13-8(6-15-7)4-9(14)5-10-2-3-11(12)16-10/h2-3,6H,4-5H2,1H3. The summed E-state index contributed by atoms with van der Waals surface area (Å²) in [7, 11) is 0. The molecule has 2 aromatic heterocycles. The maximum absolute atomic E-state index is 11.7. The van der Waals surface area contributed by atoms with E-state index in [-0.39, 0.29) is 5.78 Å². The van der Waals surface area contributed by atoms with Gasteiger partial charge >= 0.3 is 0 Å². The van der Waals surface area contributed by atoms with Crippen molar-refractivity contribution in [3.8, 4) is 0 Å². The van der Waals surface area contributed by atoms with Crippen molar-refractivity contribution in [3.63, 3.8) is 0 Å². The molecular formula is C11H10ClNOS2. The minimum absolute atomic E-state index is 0.184. The van der Waals surface area contributed by atoms with Crippen LogP contribution in [0.25, 0.3) is 0 Å². The summed E-state index contributed by atoms with van der Waals surface area (Å²) in [6.07, 6.45) is 0.869. The molecule has 5 heteroatoms. The van der Waals surface area contributed by atoms with Gasteiger partial charge in [-0.25, -0.2) is 4.98 Å². The minimum Gasteiger partial charge on any atom is -0.299 e. The molecule has 0 fully saturated rings. The molecule has 0 atom stereocenters. The number of ketones is 1. The molecule has 0 saturated heterocycles. The lowest BCUT2D eigenvalue weighted by Gasteiger charge is -1.95. The predicted molar refractivity (Wildman–Crippen MR) is 68.6 cm³/mol. The number of halogens is 1. The lowest BCUT2D eigenvalue weighted by Crippen LogP contribution is -2.05. The Kier molecular flexibility index (Phi) is 3.74. The quantitative estimate of drug-likeness (QED) is 0.852. The van der Waals surface area contributed by atoms with Gasteiger partial charge in [0.05, 0.1) is 15.0 Å². The van der Waals surface area contributed by atoms with Crippen LogP contribution in [0.5, 0.6) is 0 Å². The molecule has 0 radical (unpaired) electrons. The van der Waals surface area contributed by atoms with E-state index in [1.165, 1.54) is 11.3 Å². The molecule has 0 spiro atoms. The maximum Gasteiger partial charge on any atom is 0.144 e. The summed E-state index contributed by atoms with van der Waals surface area (Å²) in [5.74, 6) is 0.184. The molecule has 2 rings (SSSR count). The normalized spacial score (nSPS) is 10.6. The van der Waals surface area contributed by atoms with E-state index in [0.717, 1.165) is 19.9 Å². The topological polar surface area (TPSA) is 30.0 Å². The van der Waals surface area contributed by atoms with Crippen LogP contribution in [0.2, 0.25) is 4.34 Å². The molecule has 0 bridgehead atoms. The third-order valence-electron chi connectivity index (χ3n) is 2.05. The summed E-state index contributed by atoms with van der Waals surface area (Å²) in [6, 6.07) is 3.72. The smallest absolute Gasteiger partial charge is 0.144 e. The highest BCUT2D eigenvalue weighted by molar-refractivity contribution is 7.16.